The number of nitrogens with zero attached hydrogens (tertiary/aromatic N) is 5. The highest BCUT2D eigenvalue weighted by Gasteiger charge is 2.24. The normalized spacial score (nSPS) is 14.2. The number of nitrogens with two attached hydrogens (primary N) is 1. The van der Waals surface area contributed by atoms with Crippen LogP contribution in [0.1, 0.15) is 43.9 Å². The van der Waals surface area contributed by atoms with E-state index in [2.05, 4.69) is 93.6 Å². The Morgan fingerprint density at radius 2 is 1.77 bits per heavy atom. The molecule has 0 saturated carbocycles. The number of hydrogen-bond acceptors (Lipinski definition) is 5. The lowest BCUT2D eigenvalue weighted by atomic mass is 10.1. The summed E-state index contributed by atoms with van der Waals surface area (Å²) in [6, 6.07) is 19.7. The van der Waals surface area contributed by atoms with Gasteiger partial charge in [0.05, 0.1) is 21.8 Å². The Labute approximate surface area is 211 Å². The van der Waals surface area contributed by atoms with Gasteiger partial charge in [0.25, 0.3) is 0 Å². The first-order valence-corrected chi connectivity index (χ1v) is 13.3. The maximum Gasteiger partial charge on any atom is 0.213 e. The molecule has 0 aliphatic carbocycles. The molecule has 4 aromatic rings. The van der Waals surface area contributed by atoms with Crippen molar-refractivity contribution in [2.24, 2.45) is 5.73 Å². The van der Waals surface area contributed by atoms with Crippen LogP contribution < -0.4 is 15.2 Å². The minimum Gasteiger partial charge on any atom is -0.335 e. The lowest BCUT2D eigenvalue weighted by Crippen LogP contribution is -2.32. The van der Waals surface area contributed by atoms with Crippen molar-refractivity contribution in [2.45, 2.75) is 57.1 Å². The van der Waals surface area contributed by atoms with E-state index < -0.39 is 0 Å². The quantitative estimate of drug-likeness (QED) is 0.242. The van der Waals surface area contributed by atoms with Gasteiger partial charge in [-0.25, -0.2) is 0 Å². The Morgan fingerprint density at radius 3 is 2.60 bits per heavy atom. The number of hydrogen-bond donors (Lipinski definition) is 1. The fraction of sp³-hybridized carbons (Fsp3) is 0.321. The maximum atomic E-state index is 5.62. The van der Waals surface area contributed by atoms with Crippen LogP contribution in [0.2, 0.25) is 0 Å². The van der Waals surface area contributed by atoms with Crippen LogP contribution in [0.4, 0.5) is 5.69 Å². The molecule has 0 unspecified atom stereocenters. The van der Waals surface area contributed by atoms with Gasteiger partial charge >= 0.3 is 0 Å². The Kier molecular flexibility index (Phi) is 7.45. The van der Waals surface area contributed by atoms with Gasteiger partial charge in [0.1, 0.15) is 6.54 Å². The van der Waals surface area contributed by atoms with E-state index in [1.165, 1.54) is 44.9 Å². The molecule has 3 heterocycles. The largest absolute Gasteiger partial charge is 0.335 e. The van der Waals surface area contributed by atoms with Crippen molar-refractivity contribution in [1.29, 1.82) is 0 Å². The molecule has 6 nitrogen and oxygen atoms in total. The standard InChI is InChI=1S/C28H33N6S/c1-2-32-18-15-22(24-11-5-6-12-25(24)32)19-28-34(26-13-7-8-14-27(26)35-28)17-10-4-3-9-16-33-21-23(20-29)30-31-33/h5-8,11-15,18-19,21H,2-4,9-10,16-17,20,29H2,1H3/q+1. The zero-order chi connectivity index (χ0) is 24.0. The zero-order valence-electron chi connectivity index (χ0n) is 20.3. The van der Waals surface area contributed by atoms with Gasteiger partial charge in [0.15, 0.2) is 6.20 Å². The number of pyridine rings is 1. The minimum absolute atomic E-state index is 0.447. The molecule has 0 spiro atoms. The first-order valence-electron chi connectivity index (χ1n) is 12.5. The summed E-state index contributed by atoms with van der Waals surface area (Å²) in [4.78, 5) is 3.84. The number of para-hydroxylation sites is 2. The highest BCUT2D eigenvalue weighted by atomic mass is 32.2. The second kappa shape index (κ2) is 11.1. The van der Waals surface area contributed by atoms with E-state index >= 15 is 0 Å². The molecule has 2 aromatic carbocycles. The Morgan fingerprint density at radius 1 is 0.971 bits per heavy atom. The van der Waals surface area contributed by atoms with Crippen molar-refractivity contribution in [3.63, 3.8) is 0 Å². The zero-order valence-corrected chi connectivity index (χ0v) is 21.1. The third-order valence-corrected chi connectivity index (χ3v) is 7.64. The van der Waals surface area contributed by atoms with Gasteiger partial charge in [-0.15, -0.1) is 5.10 Å². The van der Waals surface area contributed by atoms with Gasteiger partial charge in [-0.2, -0.15) is 4.57 Å². The number of thioether (sulfide) groups is 1. The fourth-order valence-electron chi connectivity index (χ4n) is 4.67. The van der Waals surface area contributed by atoms with E-state index in [4.69, 9.17) is 5.73 Å². The second-order valence-electron chi connectivity index (χ2n) is 8.87. The second-order valence-corrected chi connectivity index (χ2v) is 9.93. The lowest BCUT2D eigenvalue weighted by Gasteiger charge is -2.20. The Bertz CT molecular complexity index is 1330. The molecule has 0 bridgehead atoms. The van der Waals surface area contributed by atoms with Crippen LogP contribution in [-0.4, -0.2) is 21.5 Å². The van der Waals surface area contributed by atoms with E-state index in [0.29, 0.717) is 6.54 Å². The van der Waals surface area contributed by atoms with Gasteiger partial charge in [-0.1, -0.05) is 54.1 Å². The van der Waals surface area contributed by atoms with Crippen molar-refractivity contribution in [1.82, 2.24) is 15.0 Å². The molecule has 0 amide bonds. The van der Waals surface area contributed by atoms with Crippen LogP contribution >= 0.6 is 11.8 Å². The van der Waals surface area contributed by atoms with Crippen LogP contribution in [0, 0.1) is 0 Å². The molecule has 0 atom stereocenters. The van der Waals surface area contributed by atoms with Gasteiger partial charge in [0.2, 0.25) is 5.52 Å². The molecule has 2 aromatic heterocycles. The Hall–Kier alpha value is -3.16. The molecular formula is C28H33N6S+. The number of rotatable bonds is 10. The van der Waals surface area contributed by atoms with E-state index in [0.717, 1.165) is 38.2 Å². The van der Waals surface area contributed by atoms with Crippen molar-refractivity contribution >= 4 is 34.4 Å². The fourth-order valence-corrected chi connectivity index (χ4v) is 5.81. The third kappa shape index (κ3) is 5.26. The third-order valence-electron chi connectivity index (χ3n) is 6.53. The molecule has 2 N–H and O–H groups in total. The van der Waals surface area contributed by atoms with Crippen LogP contribution in [-0.2, 0) is 19.6 Å². The summed E-state index contributed by atoms with van der Waals surface area (Å²) in [5.41, 5.74) is 10.4. The van der Waals surface area contributed by atoms with Crippen LogP contribution in [0.25, 0.3) is 17.0 Å². The number of aromatic nitrogens is 4. The molecule has 0 radical (unpaired) electrons. The summed E-state index contributed by atoms with van der Waals surface area (Å²) >= 11 is 1.88. The average molecular weight is 486 g/mol. The smallest absolute Gasteiger partial charge is 0.213 e. The summed E-state index contributed by atoms with van der Waals surface area (Å²) < 4.78 is 4.21. The lowest BCUT2D eigenvalue weighted by molar-refractivity contribution is -0.667. The number of benzene rings is 2. The summed E-state index contributed by atoms with van der Waals surface area (Å²) in [6.45, 7) is 5.53. The van der Waals surface area contributed by atoms with Crippen molar-refractivity contribution in [3.8, 4) is 0 Å². The summed E-state index contributed by atoms with van der Waals surface area (Å²) in [6.07, 6.45) is 11.2. The van der Waals surface area contributed by atoms with Crippen molar-refractivity contribution in [3.05, 3.63) is 83.3 Å². The SMILES string of the molecule is CC[n+]1ccc(/C=C2\Sc3ccccc3N2CCCCCCn2cc(CN)nn2)c2ccccc21. The first-order chi connectivity index (χ1) is 17.3. The summed E-state index contributed by atoms with van der Waals surface area (Å²) in [7, 11) is 0. The van der Waals surface area contributed by atoms with Crippen LogP contribution in [0.5, 0.6) is 0 Å². The number of fused-ring (bicyclic) bond motifs is 2. The van der Waals surface area contributed by atoms with Gasteiger partial charge in [-0.05, 0) is 49.6 Å². The minimum atomic E-state index is 0.447. The van der Waals surface area contributed by atoms with E-state index in [9.17, 15) is 0 Å². The Balaban J connectivity index is 1.28. The maximum absolute atomic E-state index is 5.62. The predicted octanol–water partition coefficient (Wildman–Crippen LogP) is 5.37. The highest BCUT2D eigenvalue weighted by molar-refractivity contribution is 8.03. The molecular weight excluding hydrogens is 452 g/mol. The molecule has 0 saturated heterocycles. The molecule has 180 valence electrons. The number of unbranched alkanes of at least 4 members (excludes halogenated alkanes) is 3. The predicted molar refractivity (Wildman–Crippen MR) is 144 cm³/mol. The van der Waals surface area contributed by atoms with Crippen molar-refractivity contribution < 1.29 is 4.57 Å². The first kappa shape index (κ1) is 23.6. The van der Waals surface area contributed by atoms with Gasteiger partial charge in [-0.3, -0.25) is 4.68 Å². The molecule has 7 heteroatoms. The van der Waals surface area contributed by atoms with Gasteiger partial charge < -0.3 is 10.6 Å². The van der Waals surface area contributed by atoms with E-state index in [-0.39, 0.29) is 0 Å². The highest BCUT2D eigenvalue weighted by Crippen LogP contribution is 2.46. The van der Waals surface area contributed by atoms with E-state index in [1.54, 1.807) is 0 Å². The van der Waals surface area contributed by atoms with Gasteiger partial charge in [0, 0.05) is 42.9 Å². The molecule has 35 heavy (non-hydrogen) atoms. The van der Waals surface area contributed by atoms with Crippen LogP contribution in [0.15, 0.2) is 76.9 Å². The summed E-state index contributed by atoms with van der Waals surface area (Å²) in [5, 5.41) is 10.8. The molecule has 1 aliphatic heterocycles. The number of anilines is 1. The molecule has 5 rings (SSSR count). The summed E-state index contributed by atoms with van der Waals surface area (Å²) in [5.74, 6) is 0. The van der Waals surface area contributed by atoms with E-state index in [1.807, 2.05) is 22.6 Å². The molecule has 1 aliphatic rings. The monoisotopic (exact) mass is 485 g/mol. The topological polar surface area (TPSA) is 63.9 Å². The van der Waals surface area contributed by atoms with Crippen molar-refractivity contribution in [2.75, 3.05) is 11.4 Å². The molecule has 0 fully saturated rings. The van der Waals surface area contributed by atoms with Crippen LogP contribution in [0.3, 0.4) is 0 Å². The number of aryl methyl sites for hydroxylation is 2. The average Bonchev–Trinajstić information content (AvgIpc) is 3.50.